The second-order valence-electron chi connectivity index (χ2n) is 9.22. The molecule has 0 aliphatic heterocycles. The number of alkyl carbamates (subject to hydrolysis) is 1. The van der Waals surface area contributed by atoms with Gasteiger partial charge in [0.2, 0.25) is 11.1 Å². The van der Waals surface area contributed by atoms with E-state index in [0.717, 1.165) is 17.5 Å². The lowest BCUT2D eigenvalue weighted by molar-refractivity contribution is -0.137. The van der Waals surface area contributed by atoms with Gasteiger partial charge in [0.05, 0.1) is 5.56 Å². The lowest BCUT2D eigenvalue weighted by Crippen LogP contribution is -2.44. The molecule has 0 aliphatic rings. The first kappa shape index (κ1) is 26.3. The van der Waals surface area contributed by atoms with Gasteiger partial charge in [0, 0.05) is 29.6 Å². The summed E-state index contributed by atoms with van der Waals surface area (Å²) in [6.07, 6.45) is -4.32. The first-order valence-corrected chi connectivity index (χ1v) is 12.0. The van der Waals surface area contributed by atoms with Crippen molar-refractivity contribution in [1.29, 1.82) is 0 Å². The van der Waals surface area contributed by atoms with Crippen LogP contribution in [-0.2, 0) is 17.3 Å². The quantitative estimate of drug-likeness (QED) is 0.169. The Morgan fingerprint density at radius 2 is 1.76 bits per heavy atom. The van der Waals surface area contributed by atoms with E-state index in [9.17, 15) is 22.4 Å². The molecule has 12 heteroatoms. The highest BCUT2D eigenvalue weighted by Gasteiger charge is 2.30. The number of pyridine rings is 1. The van der Waals surface area contributed by atoms with E-state index in [1.165, 1.54) is 35.7 Å². The third-order valence-electron chi connectivity index (χ3n) is 5.07. The zero-order valence-corrected chi connectivity index (χ0v) is 20.9. The Hall–Kier alpha value is -3.80. The molecule has 0 aliphatic carbocycles. The van der Waals surface area contributed by atoms with Gasteiger partial charge in [-0.05, 0) is 49.9 Å². The van der Waals surface area contributed by atoms with E-state index in [1.807, 2.05) is 6.07 Å². The molecule has 4 aromatic rings. The number of alkyl halides is 3. The van der Waals surface area contributed by atoms with E-state index in [0.29, 0.717) is 26.7 Å². The topological polar surface area (TPSA) is 89.0 Å². The Kier molecular flexibility index (Phi) is 7.30. The Bertz CT molecular complexity index is 1400. The average molecular weight is 534 g/mol. The summed E-state index contributed by atoms with van der Waals surface area (Å²) in [5.41, 5.74) is -0.246. The molecule has 1 amide bonds. The number of amides is 1. The molecular formula is C25H23F4N5O2S. The summed E-state index contributed by atoms with van der Waals surface area (Å²) in [6.45, 7) is 5.15. The molecule has 0 saturated carbocycles. The maximum absolute atomic E-state index is 13.5. The number of halogens is 4. The predicted octanol–water partition coefficient (Wildman–Crippen LogP) is 6.42. The molecule has 1 atom stereocenters. The molecule has 0 radical (unpaired) electrons. The van der Waals surface area contributed by atoms with Crippen LogP contribution in [-0.4, -0.2) is 33.0 Å². The Morgan fingerprint density at radius 3 is 2.43 bits per heavy atom. The largest absolute Gasteiger partial charge is 0.444 e. The molecule has 194 valence electrons. The van der Waals surface area contributed by atoms with Crippen LogP contribution < -0.4 is 10.6 Å². The smallest absolute Gasteiger partial charge is 0.416 e. The third kappa shape index (κ3) is 7.13. The van der Waals surface area contributed by atoms with E-state index < -0.39 is 35.5 Å². The molecule has 0 fully saturated rings. The van der Waals surface area contributed by atoms with Crippen LogP contribution in [0.25, 0.3) is 21.3 Å². The summed E-state index contributed by atoms with van der Waals surface area (Å²) < 4.78 is 57.6. The van der Waals surface area contributed by atoms with Crippen molar-refractivity contribution in [3.05, 3.63) is 71.8 Å². The minimum absolute atomic E-state index is 0.147. The maximum Gasteiger partial charge on any atom is 0.416 e. The number of hydrogen-bond donors (Lipinski definition) is 2. The Balaban J connectivity index is 1.54. The number of hydrogen-bond acceptors (Lipinski definition) is 7. The van der Waals surface area contributed by atoms with Crippen molar-refractivity contribution in [2.45, 2.75) is 45.1 Å². The lowest BCUT2D eigenvalue weighted by Gasteiger charge is -2.24. The summed E-state index contributed by atoms with van der Waals surface area (Å²) in [7, 11) is 0. The van der Waals surface area contributed by atoms with Gasteiger partial charge in [0.1, 0.15) is 16.8 Å². The Labute approximate surface area is 213 Å². The first-order valence-electron chi connectivity index (χ1n) is 11.2. The molecule has 0 spiro atoms. The molecule has 2 aromatic carbocycles. The van der Waals surface area contributed by atoms with E-state index >= 15 is 0 Å². The number of nitrogens with zero attached hydrogens (tertiary/aromatic N) is 3. The summed E-state index contributed by atoms with van der Waals surface area (Å²) in [4.78, 5) is 16.1. The predicted molar refractivity (Wildman–Crippen MR) is 133 cm³/mol. The number of rotatable bonds is 6. The Morgan fingerprint density at radius 1 is 1.03 bits per heavy atom. The zero-order chi connectivity index (χ0) is 26.8. The highest BCUT2D eigenvalue weighted by atomic mass is 32.1. The van der Waals surface area contributed by atoms with E-state index in [1.54, 1.807) is 32.9 Å². The van der Waals surface area contributed by atoms with Crippen molar-refractivity contribution in [3.8, 4) is 10.6 Å². The van der Waals surface area contributed by atoms with Gasteiger partial charge in [-0.25, -0.2) is 9.78 Å². The number of fused-ring (bicyclic) bond motifs is 1. The fourth-order valence-electron chi connectivity index (χ4n) is 3.45. The third-order valence-corrected chi connectivity index (χ3v) is 5.97. The number of nitrogens with one attached hydrogen (secondary N) is 2. The number of aromatic nitrogens is 3. The standard InChI is InChI=1S/C25H23F4N5O2S/c1-24(2,3)36-23(35)32-20(10-14-4-8-18(9-5-14)25(27,28)29)31-22-34-33-21(37-22)15-6-7-16-13-30-19(26)12-17(16)11-15/h4-9,11-13,20H,10H2,1-3H3,(H,31,34)(H,32,35)/t20-/m0/s1. The molecule has 0 bridgehead atoms. The molecule has 0 unspecified atom stereocenters. The number of anilines is 1. The van der Waals surface area contributed by atoms with Gasteiger partial charge >= 0.3 is 12.3 Å². The highest BCUT2D eigenvalue weighted by molar-refractivity contribution is 7.18. The fraction of sp³-hybridized carbons (Fsp3) is 0.280. The molecule has 2 heterocycles. The lowest BCUT2D eigenvalue weighted by atomic mass is 10.1. The van der Waals surface area contributed by atoms with Crippen LogP contribution in [0.2, 0.25) is 0 Å². The van der Waals surface area contributed by atoms with Crippen molar-refractivity contribution < 1.29 is 27.1 Å². The van der Waals surface area contributed by atoms with Gasteiger partial charge in [-0.3, -0.25) is 0 Å². The van der Waals surface area contributed by atoms with E-state index in [2.05, 4.69) is 25.8 Å². The maximum atomic E-state index is 13.5. The van der Waals surface area contributed by atoms with Crippen LogP contribution in [0.4, 0.5) is 27.5 Å². The van der Waals surface area contributed by atoms with Gasteiger partial charge in [0.25, 0.3) is 0 Å². The molecular weight excluding hydrogens is 510 g/mol. The molecule has 7 nitrogen and oxygen atoms in total. The number of carbonyl (C=O) groups excluding carboxylic acids is 1. The fourth-order valence-corrected chi connectivity index (χ4v) is 4.24. The summed E-state index contributed by atoms with van der Waals surface area (Å²) in [6, 6.07) is 11.4. The van der Waals surface area contributed by atoms with Crippen LogP contribution in [0.15, 0.2) is 54.7 Å². The highest BCUT2D eigenvalue weighted by Crippen LogP contribution is 2.31. The van der Waals surface area contributed by atoms with Crippen molar-refractivity contribution in [1.82, 2.24) is 20.5 Å². The summed E-state index contributed by atoms with van der Waals surface area (Å²) >= 11 is 1.20. The molecule has 2 N–H and O–H groups in total. The second kappa shape index (κ2) is 10.3. The SMILES string of the molecule is CC(C)(C)OC(=O)N[C@@H](Cc1ccc(C(F)(F)F)cc1)Nc1nnc(-c2ccc3cnc(F)cc3c2)s1. The van der Waals surface area contributed by atoms with Crippen molar-refractivity contribution >= 4 is 33.3 Å². The van der Waals surface area contributed by atoms with Gasteiger partial charge in [-0.1, -0.05) is 35.6 Å². The van der Waals surface area contributed by atoms with E-state index in [4.69, 9.17) is 4.74 Å². The number of carbonyl (C=O) groups is 1. The van der Waals surface area contributed by atoms with Gasteiger partial charge in [0.15, 0.2) is 0 Å². The van der Waals surface area contributed by atoms with Crippen LogP contribution in [0.5, 0.6) is 0 Å². The summed E-state index contributed by atoms with van der Waals surface area (Å²) in [5, 5.41) is 16.4. The van der Waals surface area contributed by atoms with Crippen molar-refractivity contribution in [3.63, 3.8) is 0 Å². The first-order chi connectivity index (χ1) is 17.4. The van der Waals surface area contributed by atoms with E-state index in [-0.39, 0.29) is 6.42 Å². The zero-order valence-electron chi connectivity index (χ0n) is 20.1. The molecule has 37 heavy (non-hydrogen) atoms. The van der Waals surface area contributed by atoms with Crippen LogP contribution in [0.1, 0.15) is 31.9 Å². The normalized spacial score (nSPS) is 12.8. The minimum Gasteiger partial charge on any atom is -0.444 e. The van der Waals surface area contributed by atoms with Crippen LogP contribution in [0.3, 0.4) is 0 Å². The minimum atomic E-state index is -4.45. The number of ether oxygens (including phenoxy) is 1. The average Bonchev–Trinajstić information content (AvgIpc) is 3.25. The molecule has 0 saturated heterocycles. The number of benzene rings is 2. The molecule has 4 rings (SSSR count). The van der Waals surface area contributed by atoms with Gasteiger partial charge in [-0.2, -0.15) is 17.6 Å². The van der Waals surface area contributed by atoms with Crippen LogP contribution >= 0.6 is 11.3 Å². The molecule has 2 aromatic heterocycles. The van der Waals surface area contributed by atoms with Gasteiger partial charge < -0.3 is 15.4 Å². The second-order valence-corrected chi connectivity index (χ2v) is 10.2. The van der Waals surface area contributed by atoms with Crippen molar-refractivity contribution in [2.75, 3.05) is 5.32 Å². The summed E-state index contributed by atoms with van der Waals surface area (Å²) in [5.74, 6) is -0.594. The van der Waals surface area contributed by atoms with Crippen LogP contribution in [0, 0.1) is 5.95 Å². The van der Waals surface area contributed by atoms with Gasteiger partial charge in [-0.15, -0.1) is 10.2 Å². The van der Waals surface area contributed by atoms with Crippen molar-refractivity contribution in [2.24, 2.45) is 0 Å². The monoisotopic (exact) mass is 533 g/mol.